The van der Waals surface area contributed by atoms with Crippen LogP contribution in [-0.2, 0) is 14.6 Å². The molecule has 0 radical (unpaired) electrons. The Morgan fingerprint density at radius 3 is 2.63 bits per heavy atom. The first-order valence-corrected chi connectivity index (χ1v) is 11.2. The summed E-state index contributed by atoms with van der Waals surface area (Å²) in [6.07, 6.45) is 9.13. The van der Waals surface area contributed by atoms with Crippen LogP contribution in [0.5, 0.6) is 0 Å². The maximum Gasteiger partial charge on any atom is 0.233 e. The molecule has 9 heteroatoms. The number of thiocarbonyl (C=S) groups is 1. The number of pyridine rings is 1. The maximum absolute atomic E-state index is 12.8. The minimum Gasteiger partial charge on any atom is -0.390 e. The van der Waals surface area contributed by atoms with E-state index >= 15 is 0 Å². The van der Waals surface area contributed by atoms with Gasteiger partial charge in [0, 0.05) is 7.62 Å². The second-order valence-electron chi connectivity index (χ2n) is 7.19. The van der Waals surface area contributed by atoms with Gasteiger partial charge < -0.3 is 11.1 Å². The first-order valence-electron chi connectivity index (χ1n) is 9.20. The van der Waals surface area contributed by atoms with Gasteiger partial charge in [0.05, 0.1) is 17.5 Å². The minimum absolute atomic E-state index is 0. The van der Waals surface area contributed by atoms with Gasteiger partial charge in [-0.1, -0.05) is 31.7 Å². The molecule has 2 aliphatic carbocycles. The fourth-order valence-electron chi connectivity index (χ4n) is 3.58. The van der Waals surface area contributed by atoms with Crippen molar-refractivity contribution in [3.8, 4) is 0 Å². The number of nitrogens with zero attached hydrogens (tertiary/aromatic N) is 2. The van der Waals surface area contributed by atoms with E-state index in [9.17, 15) is 13.2 Å². The van der Waals surface area contributed by atoms with Crippen LogP contribution in [0.15, 0.2) is 28.3 Å². The topological polar surface area (TPSA) is 115 Å². The molecule has 1 unspecified atom stereocenters. The number of rotatable bonds is 6. The second-order valence-corrected chi connectivity index (χ2v) is 9.75. The molecule has 1 amide bonds. The lowest BCUT2D eigenvalue weighted by Crippen LogP contribution is -2.33. The van der Waals surface area contributed by atoms with Crippen LogP contribution in [0.25, 0.3) is 0 Å². The largest absolute Gasteiger partial charge is 0.390 e. The number of hydrogen-bond acceptors (Lipinski definition) is 5. The number of aliphatic imine (C=N–C) groups is 1. The van der Waals surface area contributed by atoms with E-state index in [-0.39, 0.29) is 22.7 Å². The Labute approximate surface area is 166 Å². The molecule has 0 aromatic carbocycles. The molecule has 7 nitrogen and oxygen atoms in total. The van der Waals surface area contributed by atoms with Gasteiger partial charge in [0.2, 0.25) is 11.0 Å². The smallest absolute Gasteiger partial charge is 0.233 e. The number of nitrogens with one attached hydrogen (secondary N) is 1. The second kappa shape index (κ2) is 8.43. The fraction of sp³-hybridized carbons (Fsp3) is 0.556. The fourth-order valence-corrected chi connectivity index (χ4v) is 5.30. The predicted octanol–water partition coefficient (Wildman–Crippen LogP) is 2.32. The third-order valence-electron chi connectivity index (χ3n) is 5.20. The van der Waals surface area contributed by atoms with Crippen LogP contribution in [0.1, 0.15) is 57.9 Å². The molecule has 0 spiro atoms. The Morgan fingerprint density at radius 1 is 1.37 bits per heavy atom. The molecular formula is C18H26N4O3S2. The summed E-state index contributed by atoms with van der Waals surface area (Å²) in [5, 5.41) is 2.38. The predicted molar refractivity (Wildman–Crippen MR) is 109 cm³/mol. The molecule has 2 saturated carbocycles. The zero-order chi connectivity index (χ0) is 19.4. The Hall–Kier alpha value is -1.87. The van der Waals surface area contributed by atoms with Gasteiger partial charge in [-0.2, -0.15) is 0 Å². The Kier molecular flexibility index (Phi) is 6.21. The summed E-state index contributed by atoms with van der Waals surface area (Å²) in [5.74, 6) is -0.261. The van der Waals surface area contributed by atoms with Gasteiger partial charge in [0.15, 0.2) is 14.9 Å². The lowest BCUT2D eigenvalue weighted by Gasteiger charge is -2.20. The van der Waals surface area contributed by atoms with Crippen molar-refractivity contribution in [3.05, 3.63) is 23.9 Å². The standard InChI is InChI=1S/C18H24N4O3S2.H2/c19-11-21-18(26)22-17(23)15(9-12-3-1-2-4-12)13-5-8-16(20-10-13)27(24,25)14-6-7-14;/h5,8,10-12,14-15H,1-4,6-7,9H2,(H3,19,21,22,23,26);1H. The van der Waals surface area contributed by atoms with Crippen molar-refractivity contribution in [2.24, 2.45) is 16.6 Å². The van der Waals surface area contributed by atoms with Gasteiger partial charge in [-0.05, 0) is 49.0 Å². The van der Waals surface area contributed by atoms with E-state index in [2.05, 4.69) is 15.3 Å². The van der Waals surface area contributed by atoms with Crippen LogP contribution in [-0.4, -0.2) is 36.0 Å². The van der Waals surface area contributed by atoms with Crippen molar-refractivity contribution in [3.63, 3.8) is 0 Å². The van der Waals surface area contributed by atoms with Gasteiger partial charge >= 0.3 is 0 Å². The van der Waals surface area contributed by atoms with Crippen molar-refractivity contribution in [1.82, 2.24) is 10.3 Å². The highest BCUT2D eigenvalue weighted by molar-refractivity contribution is 7.92. The minimum atomic E-state index is -3.34. The van der Waals surface area contributed by atoms with Crippen molar-refractivity contribution >= 4 is 39.4 Å². The lowest BCUT2D eigenvalue weighted by molar-refractivity contribution is -0.121. The molecule has 2 aliphatic rings. The van der Waals surface area contributed by atoms with Gasteiger partial charge in [0.25, 0.3) is 0 Å². The lowest BCUT2D eigenvalue weighted by atomic mass is 9.88. The highest BCUT2D eigenvalue weighted by Gasteiger charge is 2.38. The van der Waals surface area contributed by atoms with E-state index < -0.39 is 15.8 Å². The van der Waals surface area contributed by atoms with Gasteiger partial charge in [-0.15, -0.1) is 0 Å². The molecule has 1 aromatic heterocycles. The highest BCUT2D eigenvalue weighted by atomic mass is 32.2. The van der Waals surface area contributed by atoms with Crippen molar-refractivity contribution in [2.75, 3.05) is 0 Å². The SMILES string of the molecule is N/C=N\C(=S)NC(=O)C(CC1CCCC1)c1ccc(S(=O)(=O)C2CC2)nc1.[HH]. The van der Waals surface area contributed by atoms with Crippen LogP contribution < -0.4 is 11.1 Å². The zero-order valence-electron chi connectivity index (χ0n) is 15.0. The summed E-state index contributed by atoms with van der Waals surface area (Å²) in [6, 6.07) is 3.20. The van der Waals surface area contributed by atoms with E-state index in [1.807, 2.05) is 0 Å². The molecule has 3 N–H and O–H groups in total. The van der Waals surface area contributed by atoms with Crippen LogP contribution in [0.3, 0.4) is 0 Å². The Morgan fingerprint density at radius 2 is 2.07 bits per heavy atom. The molecule has 0 bridgehead atoms. The van der Waals surface area contributed by atoms with Gasteiger partial charge in [0.1, 0.15) is 0 Å². The van der Waals surface area contributed by atoms with E-state index in [1.54, 1.807) is 6.07 Å². The molecule has 1 aromatic rings. The van der Waals surface area contributed by atoms with E-state index in [1.165, 1.54) is 25.1 Å². The number of nitrogens with two attached hydrogens (primary N) is 1. The van der Waals surface area contributed by atoms with Crippen molar-refractivity contribution in [1.29, 1.82) is 0 Å². The molecule has 0 saturated heterocycles. The number of aromatic nitrogens is 1. The third-order valence-corrected chi connectivity index (χ3v) is 7.58. The number of sulfone groups is 1. The average molecular weight is 411 g/mol. The molecule has 148 valence electrons. The van der Waals surface area contributed by atoms with Crippen LogP contribution in [0.2, 0.25) is 0 Å². The normalized spacial score (nSPS) is 19.3. The third kappa shape index (κ3) is 4.90. The summed E-state index contributed by atoms with van der Waals surface area (Å²) in [5.41, 5.74) is 5.90. The number of amides is 1. The van der Waals surface area contributed by atoms with Gasteiger partial charge in [-0.25, -0.2) is 18.4 Å². The number of carbonyl (C=O) groups excluding carboxylic acids is 1. The van der Waals surface area contributed by atoms with E-state index in [0.29, 0.717) is 30.7 Å². The zero-order valence-corrected chi connectivity index (χ0v) is 16.6. The first kappa shape index (κ1) is 19.9. The van der Waals surface area contributed by atoms with E-state index in [0.717, 1.165) is 19.2 Å². The molecule has 1 atom stereocenters. The van der Waals surface area contributed by atoms with E-state index in [4.69, 9.17) is 18.0 Å². The Bertz CT molecular complexity index is 833. The van der Waals surface area contributed by atoms with Crippen LogP contribution in [0.4, 0.5) is 0 Å². The number of hydrogen-bond donors (Lipinski definition) is 2. The molecule has 0 aliphatic heterocycles. The van der Waals surface area contributed by atoms with Crippen molar-refractivity contribution in [2.45, 2.75) is 61.1 Å². The summed E-state index contributed by atoms with van der Waals surface area (Å²) >= 11 is 4.98. The molecular weight excluding hydrogens is 384 g/mol. The van der Waals surface area contributed by atoms with Crippen LogP contribution in [0, 0.1) is 5.92 Å². The molecule has 1 heterocycles. The van der Waals surface area contributed by atoms with Gasteiger partial charge in [-0.3, -0.25) is 4.79 Å². The summed E-state index contributed by atoms with van der Waals surface area (Å²) < 4.78 is 24.6. The monoisotopic (exact) mass is 410 g/mol. The summed E-state index contributed by atoms with van der Waals surface area (Å²) in [4.78, 5) is 20.6. The molecule has 2 fully saturated rings. The maximum atomic E-state index is 12.8. The molecule has 3 rings (SSSR count). The summed E-state index contributed by atoms with van der Waals surface area (Å²) in [7, 11) is -3.34. The first-order chi connectivity index (χ1) is 12.9. The summed E-state index contributed by atoms with van der Waals surface area (Å²) in [6.45, 7) is 0. The Balaban J connectivity index is 0.00000280. The number of carbonyl (C=O) groups is 1. The quantitative estimate of drug-likeness (QED) is 0.422. The van der Waals surface area contributed by atoms with Crippen LogP contribution >= 0.6 is 12.2 Å². The highest BCUT2D eigenvalue weighted by Crippen LogP contribution is 2.36. The molecule has 27 heavy (non-hydrogen) atoms. The van der Waals surface area contributed by atoms with Crippen molar-refractivity contribution < 1.29 is 14.6 Å². The average Bonchev–Trinajstić information content (AvgIpc) is 3.38.